The number of nitrogens with one attached hydrogen (secondary N) is 1. The predicted octanol–water partition coefficient (Wildman–Crippen LogP) is 3.28. The van der Waals surface area contributed by atoms with Gasteiger partial charge >= 0.3 is 0 Å². The molecule has 0 saturated carbocycles. The van der Waals surface area contributed by atoms with Gasteiger partial charge in [0, 0.05) is 4.88 Å². The zero-order chi connectivity index (χ0) is 19.4. The number of nitriles is 1. The van der Waals surface area contributed by atoms with Crippen LogP contribution in [-0.4, -0.2) is 18.4 Å². The van der Waals surface area contributed by atoms with Crippen molar-refractivity contribution in [1.82, 2.24) is 0 Å². The molecule has 0 atom stereocenters. The number of rotatable bonds is 6. The van der Waals surface area contributed by atoms with Crippen LogP contribution in [-0.2, 0) is 17.6 Å². The molecule has 1 aliphatic rings. The molecule has 2 amide bonds. The Balaban J connectivity index is 1.82. The number of hydrogen-bond acceptors (Lipinski definition) is 5. The van der Waals surface area contributed by atoms with Gasteiger partial charge in [0.2, 0.25) is 0 Å². The van der Waals surface area contributed by atoms with E-state index >= 15 is 0 Å². The minimum absolute atomic E-state index is 0.0526. The SMILES string of the molecule is CCOc1ccc(/C=C(\C#N)C(=O)Nc2sc3c(c2C(N)=O)CCC3)cc1. The quantitative estimate of drug-likeness (QED) is 0.592. The van der Waals surface area contributed by atoms with Crippen LogP contribution in [0.2, 0.25) is 0 Å². The lowest BCUT2D eigenvalue weighted by Gasteiger charge is -2.06. The summed E-state index contributed by atoms with van der Waals surface area (Å²) in [7, 11) is 0. The molecule has 3 N–H and O–H groups in total. The monoisotopic (exact) mass is 381 g/mol. The first-order chi connectivity index (χ1) is 13.0. The molecule has 0 fully saturated rings. The fourth-order valence-corrected chi connectivity index (χ4v) is 4.36. The van der Waals surface area contributed by atoms with E-state index in [4.69, 9.17) is 10.5 Å². The second-order valence-corrected chi connectivity index (χ2v) is 7.16. The molecule has 3 rings (SSSR count). The standard InChI is InChI=1S/C20H19N3O3S/c1-2-26-14-8-6-12(7-9-14)10-13(11-21)19(25)23-20-17(18(22)24)15-4-3-5-16(15)27-20/h6-10H,2-5H2,1H3,(H2,22,24)(H,23,25)/b13-10+. The van der Waals surface area contributed by atoms with Crippen molar-refractivity contribution in [3.8, 4) is 11.8 Å². The lowest BCUT2D eigenvalue weighted by Crippen LogP contribution is -2.18. The zero-order valence-corrected chi connectivity index (χ0v) is 15.7. The molecule has 1 heterocycles. The van der Waals surface area contributed by atoms with Crippen LogP contribution in [0.4, 0.5) is 5.00 Å². The normalized spacial score (nSPS) is 13.0. The van der Waals surface area contributed by atoms with E-state index in [9.17, 15) is 14.9 Å². The van der Waals surface area contributed by atoms with Crippen LogP contribution in [0, 0.1) is 11.3 Å². The number of nitrogens with two attached hydrogens (primary N) is 1. The van der Waals surface area contributed by atoms with Crippen molar-refractivity contribution in [3.63, 3.8) is 0 Å². The van der Waals surface area contributed by atoms with Gasteiger partial charge in [0.15, 0.2) is 0 Å². The molecule has 7 heteroatoms. The third-order valence-corrected chi connectivity index (χ3v) is 5.47. The fourth-order valence-electron chi connectivity index (χ4n) is 3.07. The van der Waals surface area contributed by atoms with E-state index in [1.165, 1.54) is 17.4 Å². The molecular formula is C20H19N3O3S. The number of aryl methyl sites for hydroxylation is 1. The molecule has 1 aromatic carbocycles. The highest BCUT2D eigenvalue weighted by Gasteiger charge is 2.26. The topological polar surface area (TPSA) is 105 Å². The van der Waals surface area contributed by atoms with Crippen LogP contribution >= 0.6 is 11.3 Å². The molecule has 0 unspecified atom stereocenters. The molecule has 27 heavy (non-hydrogen) atoms. The molecule has 0 radical (unpaired) electrons. The van der Waals surface area contributed by atoms with E-state index < -0.39 is 11.8 Å². The second-order valence-electron chi connectivity index (χ2n) is 6.05. The smallest absolute Gasteiger partial charge is 0.266 e. The summed E-state index contributed by atoms with van der Waals surface area (Å²) in [5, 5.41) is 12.5. The maximum atomic E-state index is 12.5. The number of thiophene rings is 1. The molecule has 2 aromatic rings. The highest BCUT2D eigenvalue weighted by molar-refractivity contribution is 7.17. The summed E-state index contributed by atoms with van der Waals surface area (Å²) in [6.45, 7) is 2.46. The first kappa shape index (κ1) is 18.7. The molecule has 138 valence electrons. The summed E-state index contributed by atoms with van der Waals surface area (Å²) in [5.74, 6) is -0.399. The third kappa shape index (κ3) is 4.01. The van der Waals surface area contributed by atoms with Crippen molar-refractivity contribution in [1.29, 1.82) is 5.26 Å². The van der Waals surface area contributed by atoms with Crippen LogP contribution in [0.5, 0.6) is 5.75 Å². The summed E-state index contributed by atoms with van der Waals surface area (Å²) in [5.41, 5.74) is 7.46. The number of ether oxygens (including phenoxy) is 1. The van der Waals surface area contributed by atoms with Crippen LogP contribution < -0.4 is 15.8 Å². The van der Waals surface area contributed by atoms with Crippen molar-refractivity contribution in [3.05, 3.63) is 51.4 Å². The van der Waals surface area contributed by atoms with Gasteiger partial charge in [0.25, 0.3) is 11.8 Å². The summed E-state index contributed by atoms with van der Waals surface area (Å²) in [6.07, 6.45) is 4.14. The maximum absolute atomic E-state index is 12.5. The fraction of sp³-hybridized carbons (Fsp3) is 0.250. The van der Waals surface area contributed by atoms with E-state index in [1.54, 1.807) is 24.3 Å². The number of primary amides is 1. The van der Waals surface area contributed by atoms with Crippen molar-refractivity contribution < 1.29 is 14.3 Å². The average molecular weight is 381 g/mol. The Hall–Kier alpha value is -3.11. The lowest BCUT2D eigenvalue weighted by molar-refractivity contribution is -0.112. The van der Waals surface area contributed by atoms with Crippen LogP contribution in [0.3, 0.4) is 0 Å². The highest BCUT2D eigenvalue weighted by atomic mass is 32.1. The van der Waals surface area contributed by atoms with Gasteiger partial charge in [-0.15, -0.1) is 11.3 Å². The van der Waals surface area contributed by atoms with Crippen LogP contribution in [0.15, 0.2) is 29.8 Å². The summed E-state index contributed by atoms with van der Waals surface area (Å²) >= 11 is 1.36. The van der Waals surface area contributed by atoms with E-state index in [0.717, 1.165) is 35.5 Å². The van der Waals surface area contributed by atoms with Gasteiger partial charge in [-0.25, -0.2) is 0 Å². The zero-order valence-electron chi connectivity index (χ0n) is 14.9. The number of hydrogen-bond donors (Lipinski definition) is 2. The Bertz CT molecular complexity index is 952. The van der Waals surface area contributed by atoms with Gasteiger partial charge in [0.1, 0.15) is 22.4 Å². The van der Waals surface area contributed by atoms with Crippen molar-refractivity contribution in [2.75, 3.05) is 11.9 Å². The van der Waals surface area contributed by atoms with Crippen molar-refractivity contribution >= 4 is 34.2 Å². The Morgan fingerprint density at radius 3 is 2.70 bits per heavy atom. The Kier molecular flexibility index (Phi) is 5.57. The number of nitrogens with zero attached hydrogens (tertiary/aromatic N) is 1. The van der Waals surface area contributed by atoms with E-state index in [-0.39, 0.29) is 5.57 Å². The number of carbonyl (C=O) groups excluding carboxylic acids is 2. The maximum Gasteiger partial charge on any atom is 0.266 e. The molecule has 0 aliphatic heterocycles. The lowest BCUT2D eigenvalue weighted by atomic mass is 10.1. The Morgan fingerprint density at radius 2 is 2.07 bits per heavy atom. The third-order valence-electron chi connectivity index (χ3n) is 4.26. The molecule has 0 saturated heterocycles. The molecule has 0 spiro atoms. The summed E-state index contributed by atoms with van der Waals surface area (Å²) in [6, 6.07) is 9.00. The van der Waals surface area contributed by atoms with Crippen LogP contribution in [0.1, 0.15) is 39.7 Å². The van der Waals surface area contributed by atoms with Crippen molar-refractivity contribution in [2.45, 2.75) is 26.2 Å². The average Bonchev–Trinajstić information content (AvgIpc) is 3.21. The minimum atomic E-state index is -0.561. The van der Waals surface area contributed by atoms with Crippen LogP contribution in [0.25, 0.3) is 6.08 Å². The first-order valence-corrected chi connectivity index (χ1v) is 9.45. The van der Waals surface area contributed by atoms with Gasteiger partial charge in [-0.1, -0.05) is 12.1 Å². The predicted molar refractivity (Wildman–Crippen MR) is 105 cm³/mol. The molecule has 1 aliphatic carbocycles. The molecule has 6 nitrogen and oxygen atoms in total. The number of anilines is 1. The van der Waals surface area contributed by atoms with Gasteiger partial charge in [-0.05, 0) is 55.5 Å². The number of amides is 2. The summed E-state index contributed by atoms with van der Waals surface area (Å²) < 4.78 is 5.38. The number of fused-ring (bicyclic) bond motifs is 1. The van der Waals surface area contributed by atoms with Gasteiger partial charge in [-0.2, -0.15) is 5.26 Å². The molecule has 1 aromatic heterocycles. The first-order valence-electron chi connectivity index (χ1n) is 8.63. The summed E-state index contributed by atoms with van der Waals surface area (Å²) in [4.78, 5) is 25.4. The number of benzene rings is 1. The van der Waals surface area contributed by atoms with Crippen molar-refractivity contribution in [2.24, 2.45) is 5.73 Å². The van der Waals surface area contributed by atoms with E-state index in [2.05, 4.69) is 5.32 Å². The number of carbonyl (C=O) groups is 2. The molecule has 0 bridgehead atoms. The Morgan fingerprint density at radius 1 is 1.33 bits per heavy atom. The van der Waals surface area contributed by atoms with E-state index in [0.29, 0.717) is 22.7 Å². The highest BCUT2D eigenvalue weighted by Crippen LogP contribution is 2.39. The van der Waals surface area contributed by atoms with Gasteiger partial charge in [0.05, 0.1) is 12.2 Å². The largest absolute Gasteiger partial charge is 0.494 e. The van der Waals surface area contributed by atoms with Gasteiger partial charge < -0.3 is 15.8 Å². The minimum Gasteiger partial charge on any atom is -0.494 e. The molecular weight excluding hydrogens is 362 g/mol. The Labute approximate surface area is 161 Å². The second kappa shape index (κ2) is 8.06. The van der Waals surface area contributed by atoms with Gasteiger partial charge in [-0.3, -0.25) is 9.59 Å². The van der Waals surface area contributed by atoms with E-state index in [1.807, 2.05) is 13.0 Å².